The van der Waals surface area contributed by atoms with Gasteiger partial charge in [-0.2, -0.15) is 0 Å². The van der Waals surface area contributed by atoms with Gasteiger partial charge in [0.15, 0.2) is 5.82 Å². The van der Waals surface area contributed by atoms with Crippen LogP contribution in [0.5, 0.6) is 0 Å². The second-order valence-electron chi connectivity index (χ2n) is 5.89. The van der Waals surface area contributed by atoms with Crippen LogP contribution in [-0.2, 0) is 17.9 Å². The average Bonchev–Trinajstić information content (AvgIpc) is 3.29. The van der Waals surface area contributed by atoms with Gasteiger partial charge in [0, 0.05) is 12.1 Å². The normalized spacial score (nSPS) is 16.6. The molecule has 3 aromatic rings. The van der Waals surface area contributed by atoms with Gasteiger partial charge in [0.1, 0.15) is 11.6 Å². The maximum Gasteiger partial charge on any atom is 0.231 e. The molecule has 1 atom stereocenters. The fraction of sp³-hybridized carbons (Fsp3) is 0.278. The zero-order valence-electron chi connectivity index (χ0n) is 13.2. The Balaban J connectivity index is 1.56. The Labute approximate surface area is 139 Å². The van der Waals surface area contributed by atoms with E-state index in [0.717, 1.165) is 42.4 Å². The molecular formula is C18H18N4O2. The number of aromatic nitrogens is 3. The van der Waals surface area contributed by atoms with Crippen LogP contribution < -0.4 is 5.32 Å². The monoisotopic (exact) mass is 322 g/mol. The molecule has 1 unspecified atom stereocenters. The van der Waals surface area contributed by atoms with E-state index < -0.39 is 0 Å². The number of furan rings is 1. The largest absolute Gasteiger partial charge is 0.467 e. The molecule has 0 radical (unpaired) electrons. The number of hydrogen-bond acceptors (Lipinski definition) is 4. The van der Waals surface area contributed by atoms with Gasteiger partial charge >= 0.3 is 0 Å². The van der Waals surface area contributed by atoms with Crippen molar-refractivity contribution in [3.05, 3.63) is 60.3 Å². The Kier molecular flexibility index (Phi) is 3.86. The Hall–Kier alpha value is -2.89. The summed E-state index contributed by atoms with van der Waals surface area (Å²) in [6, 6.07) is 13.6. The van der Waals surface area contributed by atoms with Crippen molar-refractivity contribution >= 4 is 5.91 Å². The SMILES string of the molecule is O=C(NCc1ccco1)C1CCCn2c(-c3ccccc3)nnc21. The van der Waals surface area contributed by atoms with Crippen LogP contribution in [0.1, 0.15) is 30.3 Å². The van der Waals surface area contributed by atoms with E-state index in [1.54, 1.807) is 6.26 Å². The summed E-state index contributed by atoms with van der Waals surface area (Å²) in [6.45, 7) is 1.23. The van der Waals surface area contributed by atoms with Crippen molar-refractivity contribution in [2.75, 3.05) is 0 Å². The van der Waals surface area contributed by atoms with Crippen LogP contribution >= 0.6 is 0 Å². The predicted molar refractivity (Wildman–Crippen MR) is 88.0 cm³/mol. The maximum atomic E-state index is 12.6. The lowest BCUT2D eigenvalue weighted by molar-refractivity contribution is -0.123. The smallest absolute Gasteiger partial charge is 0.231 e. The summed E-state index contributed by atoms with van der Waals surface area (Å²) in [7, 11) is 0. The Bertz CT molecular complexity index is 824. The van der Waals surface area contributed by atoms with E-state index in [1.165, 1.54) is 0 Å². The lowest BCUT2D eigenvalue weighted by Crippen LogP contribution is -2.32. The first kappa shape index (κ1) is 14.7. The standard InChI is InChI=1S/C18H18N4O2/c23-18(19-12-14-8-5-11-24-14)15-9-4-10-22-16(20-21-17(15)22)13-6-2-1-3-7-13/h1-3,5-8,11,15H,4,9-10,12H2,(H,19,23). The van der Waals surface area contributed by atoms with Gasteiger partial charge < -0.3 is 14.3 Å². The first-order valence-corrected chi connectivity index (χ1v) is 8.11. The topological polar surface area (TPSA) is 73.0 Å². The van der Waals surface area contributed by atoms with Crippen molar-refractivity contribution in [2.45, 2.75) is 31.8 Å². The van der Waals surface area contributed by atoms with E-state index in [0.29, 0.717) is 6.54 Å². The summed E-state index contributed by atoms with van der Waals surface area (Å²) in [5.74, 6) is 2.02. The Morgan fingerprint density at radius 1 is 1.21 bits per heavy atom. The molecule has 1 amide bonds. The molecule has 4 rings (SSSR count). The number of carbonyl (C=O) groups is 1. The number of carbonyl (C=O) groups excluding carboxylic acids is 1. The second-order valence-corrected chi connectivity index (χ2v) is 5.89. The zero-order chi connectivity index (χ0) is 16.4. The lowest BCUT2D eigenvalue weighted by Gasteiger charge is -2.22. The molecule has 2 aromatic heterocycles. The van der Waals surface area contributed by atoms with Crippen LogP contribution in [-0.4, -0.2) is 20.7 Å². The van der Waals surface area contributed by atoms with Crippen LogP contribution in [0.2, 0.25) is 0 Å². The summed E-state index contributed by atoms with van der Waals surface area (Å²) in [6.07, 6.45) is 3.32. The van der Waals surface area contributed by atoms with Gasteiger partial charge in [0.05, 0.1) is 18.7 Å². The van der Waals surface area contributed by atoms with Gasteiger partial charge in [-0.3, -0.25) is 4.79 Å². The fourth-order valence-corrected chi connectivity index (χ4v) is 3.14. The third-order valence-corrected chi connectivity index (χ3v) is 4.33. The van der Waals surface area contributed by atoms with Crippen molar-refractivity contribution in [1.82, 2.24) is 20.1 Å². The van der Waals surface area contributed by atoms with Crippen molar-refractivity contribution in [1.29, 1.82) is 0 Å². The highest BCUT2D eigenvalue weighted by Gasteiger charge is 2.30. The average molecular weight is 322 g/mol. The van der Waals surface area contributed by atoms with E-state index >= 15 is 0 Å². The number of fused-ring (bicyclic) bond motifs is 1. The van der Waals surface area contributed by atoms with Crippen molar-refractivity contribution in [3.8, 4) is 11.4 Å². The number of nitrogens with one attached hydrogen (secondary N) is 1. The molecule has 6 nitrogen and oxygen atoms in total. The summed E-state index contributed by atoms with van der Waals surface area (Å²) in [4.78, 5) is 12.6. The van der Waals surface area contributed by atoms with Crippen LogP contribution in [0.25, 0.3) is 11.4 Å². The van der Waals surface area contributed by atoms with Gasteiger partial charge in [-0.1, -0.05) is 30.3 Å². The zero-order valence-corrected chi connectivity index (χ0v) is 13.2. The molecule has 24 heavy (non-hydrogen) atoms. The second kappa shape index (κ2) is 6.31. The minimum atomic E-state index is -0.265. The molecule has 0 aliphatic carbocycles. The minimum Gasteiger partial charge on any atom is -0.467 e. The van der Waals surface area contributed by atoms with E-state index in [-0.39, 0.29) is 11.8 Å². The number of amides is 1. The molecule has 1 aliphatic rings. The molecule has 0 bridgehead atoms. The summed E-state index contributed by atoms with van der Waals surface area (Å²) in [5, 5.41) is 11.6. The Morgan fingerprint density at radius 2 is 2.08 bits per heavy atom. The molecule has 122 valence electrons. The van der Waals surface area contributed by atoms with E-state index in [4.69, 9.17) is 4.42 Å². The highest BCUT2D eigenvalue weighted by Crippen LogP contribution is 2.30. The van der Waals surface area contributed by atoms with Gasteiger partial charge in [0.2, 0.25) is 5.91 Å². The molecular weight excluding hydrogens is 304 g/mol. The Morgan fingerprint density at radius 3 is 2.88 bits per heavy atom. The number of benzene rings is 1. The van der Waals surface area contributed by atoms with Crippen LogP contribution in [0, 0.1) is 0 Å². The quantitative estimate of drug-likeness (QED) is 0.801. The molecule has 0 saturated heterocycles. The lowest BCUT2D eigenvalue weighted by atomic mass is 9.97. The highest BCUT2D eigenvalue weighted by atomic mass is 16.3. The number of hydrogen-bond donors (Lipinski definition) is 1. The van der Waals surface area contributed by atoms with Gasteiger partial charge in [-0.25, -0.2) is 0 Å². The van der Waals surface area contributed by atoms with Crippen molar-refractivity contribution in [2.24, 2.45) is 0 Å². The maximum absolute atomic E-state index is 12.6. The third-order valence-electron chi connectivity index (χ3n) is 4.33. The van der Waals surface area contributed by atoms with Gasteiger partial charge in [0.25, 0.3) is 0 Å². The van der Waals surface area contributed by atoms with Crippen LogP contribution in [0.15, 0.2) is 53.1 Å². The molecule has 0 spiro atoms. The first-order chi connectivity index (χ1) is 11.8. The predicted octanol–water partition coefficient (Wildman–Crippen LogP) is 2.73. The molecule has 6 heteroatoms. The third kappa shape index (κ3) is 2.71. The summed E-state index contributed by atoms with van der Waals surface area (Å²) >= 11 is 0. The molecule has 0 fully saturated rings. The number of nitrogens with zero attached hydrogens (tertiary/aromatic N) is 3. The fourth-order valence-electron chi connectivity index (χ4n) is 3.14. The van der Waals surface area contributed by atoms with E-state index in [1.807, 2.05) is 42.5 Å². The molecule has 1 aromatic carbocycles. The van der Waals surface area contributed by atoms with Gasteiger partial charge in [-0.15, -0.1) is 10.2 Å². The number of rotatable bonds is 4. The molecule has 1 aliphatic heterocycles. The van der Waals surface area contributed by atoms with E-state index in [2.05, 4.69) is 20.1 Å². The minimum absolute atomic E-state index is 0.0284. The van der Waals surface area contributed by atoms with Crippen molar-refractivity contribution < 1.29 is 9.21 Å². The summed E-state index contributed by atoms with van der Waals surface area (Å²) in [5.41, 5.74) is 1.02. The van der Waals surface area contributed by atoms with E-state index in [9.17, 15) is 4.79 Å². The molecule has 3 heterocycles. The molecule has 0 saturated carbocycles. The first-order valence-electron chi connectivity index (χ1n) is 8.11. The van der Waals surface area contributed by atoms with Gasteiger partial charge in [-0.05, 0) is 25.0 Å². The highest BCUT2D eigenvalue weighted by molar-refractivity contribution is 5.83. The molecule has 1 N–H and O–H groups in total. The van der Waals surface area contributed by atoms with Crippen molar-refractivity contribution in [3.63, 3.8) is 0 Å². The van der Waals surface area contributed by atoms with Crippen LogP contribution in [0.4, 0.5) is 0 Å². The summed E-state index contributed by atoms with van der Waals surface area (Å²) < 4.78 is 7.32. The van der Waals surface area contributed by atoms with Crippen LogP contribution in [0.3, 0.4) is 0 Å².